The lowest BCUT2D eigenvalue weighted by atomic mass is 9.80. The highest BCUT2D eigenvalue weighted by molar-refractivity contribution is 7.86. The third-order valence-electron chi connectivity index (χ3n) is 5.79. The Morgan fingerprint density at radius 1 is 1.06 bits per heavy atom. The van der Waals surface area contributed by atoms with Crippen molar-refractivity contribution in [3.05, 3.63) is 42.1 Å². The number of hydrogen-bond donors (Lipinski definition) is 3. The molecule has 172 valence electrons. The fraction of sp³-hybridized carbons (Fsp3) is 0.333. The molecule has 1 aliphatic heterocycles. The van der Waals surface area contributed by atoms with Crippen LogP contribution in [0, 0.1) is 0 Å². The van der Waals surface area contributed by atoms with E-state index in [4.69, 9.17) is 5.11 Å². The van der Waals surface area contributed by atoms with Gasteiger partial charge < -0.3 is 5.11 Å². The van der Waals surface area contributed by atoms with Crippen LogP contribution in [0.1, 0.15) is 45.6 Å². The van der Waals surface area contributed by atoms with Crippen molar-refractivity contribution in [1.82, 2.24) is 0 Å². The monoisotopic (exact) mass is 482 g/mol. The van der Waals surface area contributed by atoms with E-state index in [1.54, 1.807) is 12.3 Å². The molecule has 0 radical (unpaired) electrons. The van der Waals surface area contributed by atoms with Crippen molar-refractivity contribution in [1.29, 1.82) is 0 Å². The largest absolute Gasteiger partial charge is 0.481 e. The first-order valence-electron chi connectivity index (χ1n) is 9.73. The van der Waals surface area contributed by atoms with E-state index in [0.717, 1.165) is 11.8 Å². The molecule has 0 saturated heterocycles. The van der Waals surface area contributed by atoms with Gasteiger partial charge in [0.05, 0.1) is 10.3 Å². The van der Waals surface area contributed by atoms with E-state index in [-0.39, 0.29) is 17.2 Å². The first-order chi connectivity index (χ1) is 14.7. The fourth-order valence-electron chi connectivity index (χ4n) is 3.99. The van der Waals surface area contributed by atoms with Crippen molar-refractivity contribution in [2.75, 3.05) is 0 Å². The maximum absolute atomic E-state index is 12.0. The molecule has 2 aromatic rings. The molecule has 0 aromatic heterocycles. The van der Waals surface area contributed by atoms with Crippen molar-refractivity contribution in [3.63, 3.8) is 0 Å². The topological polar surface area (TPSA) is 149 Å². The van der Waals surface area contributed by atoms with Crippen LogP contribution < -0.4 is 0 Å². The number of benzene rings is 2. The van der Waals surface area contributed by atoms with Crippen LogP contribution in [0.4, 0.5) is 5.69 Å². The molecule has 0 fully saturated rings. The summed E-state index contributed by atoms with van der Waals surface area (Å²) in [7, 11) is -9.52. The molecule has 11 heteroatoms. The molecule has 1 aliphatic rings. The second kappa shape index (κ2) is 8.07. The molecule has 0 saturated carbocycles. The van der Waals surface area contributed by atoms with Crippen LogP contribution in [-0.2, 0) is 30.4 Å². The molecule has 0 aliphatic carbocycles. The lowest BCUT2D eigenvalue weighted by molar-refractivity contribution is -0.358. The normalized spacial score (nSPS) is 16.2. The summed E-state index contributed by atoms with van der Waals surface area (Å²) in [6.07, 6.45) is 4.70. The van der Waals surface area contributed by atoms with Crippen LogP contribution in [-0.4, -0.2) is 47.3 Å². The number of nitrogens with zero attached hydrogens (tertiary/aromatic N) is 1. The maximum atomic E-state index is 12.0. The Kier molecular flexibility index (Phi) is 6.07. The maximum Gasteiger partial charge on any atom is 0.303 e. The van der Waals surface area contributed by atoms with E-state index in [9.17, 15) is 30.7 Å². The van der Waals surface area contributed by atoms with Gasteiger partial charge in [-0.05, 0) is 56.4 Å². The molecule has 0 atom stereocenters. The highest BCUT2D eigenvalue weighted by atomic mass is 32.2. The van der Waals surface area contributed by atoms with Crippen molar-refractivity contribution < 1.29 is 40.4 Å². The quantitative estimate of drug-likeness (QED) is 0.308. The number of unbranched alkanes of at least 4 members (excludes halogenated alkanes) is 1. The number of rotatable bonds is 7. The van der Waals surface area contributed by atoms with Gasteiger partial charge in [-0.2, -0.15) is 21.4 Å². The van der Waals surface area contributed by atoms with Crippen molar-refractivity contribution >= 4 is 48.4 Å². The molecule has 3 rings (SSSR count). The zero-order valence-electron chi connectivity index (χ0n) is 17.7. The number of carboxylic acid groups (broad SMARTS) is 1. The zero-order chi connectivity index (χ0) is 24.1. The van der Waals surface area contributed by atoms with Gasteiger partial charge in [0.25, 0.3) is 20.2 Å². The van der Waals surface area contributed by atoms with E-state index in [0.29, 0.717) is 24.1 Å². The molecule has 0 unspecified atom stereocenters. The standard InChI is InChI=1S/C21H23NO8S2/c1-13-21(2,3)20-16-11-14(31(25,26)27)12-18(32(28,29)30)15(16)8-9-17(20)22(13)10-6-4-5-7-19(23)24/h6,8-12H,4-5,7H2,1-3H3,(H2-,23,24,25,26,27,28,29,30)/p+1/b10-6+. The van der Waals surface area contributed by atoms with Crippen LogP contribution in [0.3, 0.4) is 0 Å². The van der Waals surface area contributed by atoms with Gasteiger partial charge in [-0.3, -0.25) is 13.9 Å². The summed E-state index contributed by atoms with van der Waals surface area (Å²) in [6.45, 7) is 5.67. The summed E-state index contributed by atoms with van der Waals surface area (Å²) in [5.74, 6) is -0.871. The molecular weight excluding hydrogens is 458 g/mol. The highest BCUT2D eigenvalue weighted by Gasteiger charge is 2.44. The highest BCUT2D eigenvalue weighted by Crippen LogP contribution is 2.45. The van der Waals surface area contributed by atoms with E-state index in [2.05, 4.69) is 0 Å². The number of carboxylic acids is 1. The summed E-state index contributed by atoms with van der Waals surface area (Å²) < 4.78 is 68.7. The van der Waals surface area contributed by atoms with Crippen LogP contribution in [0.5, 0.6) is 0 Å². The molecule has 1 heterocycles. The summed E-state index contributed by atoms with van der Waals surface area (Å²) in [4.78, 5) is 9.43. The van der Waals surface area contributed by atoms with E-state index in [1.165, 1.54) is 12.1 Å². The van der Waals surface area contributed by atoms with Gasteiger partial charge in [0, 0.05) is 30.4 Å². The van der Waals surface area contributed by atoms with Crippen molar-refractivity contribution in [2.45, 2.75) is 55.2 Å². The summed E-state index contributed by atoms with van der Waals surface area (Å²) in [5.41, 5.74) is 1.55. The number of aliphatic carboxylic acids is 1. The van der Waals surface area contributed by atoms with Gasteiger partial charge in [0.15, 0.2) is 11.9 Å². The summed E-state index contributed by atoms with van der Waals surface area (Å²) in [5, 5.41) is 9.17. The molecule has 0 bridgehead atoms. The number of carbonyl (C=O) groups is 1. The smallest absolute Gasteiger partial charge is 0.303 e. The Labute approximate surface area is 186 Å². The third-order valence-corrected chi connectivity index (χ3v) is 7.52. The van der Waals surface area contributed by atoms with E-state index < -0.39 is 41.4 Å². The lowest BCUT2D eigenvalue weighted by Crippen LogP contribution is -2.25. The first-order valence-corrected chi connectivity index (χ1v) is 12.6. The van der Waals surface area contributed by atoms with Gasteiger partial charge in [-0.15, -0.1) is 0 Å². The second-order valence-electron chi connectivity index (χ2n) is 8.18. The summed E-state index contributed by atoms with van der Waals surface area (Å²) >= 11 is 0. The fourth-order valence-corrected chi connectivity index (χ4v) is 5.33. The minimum atomic E-state index is -4.78. The van der Waals surface area contributed by atoms with Crippen LogP contribution in [0.2, 0.25) is 0 Å². The lowest BCUT2D eigenvalue weighted by Gasteiger charge is -2.18. The Hall–Kier alpha value is -2.60. The van der Waals surface area contributed by atoms with Crippen LogP contribution in [0.25, 0.3) is 10.8 Å². The Morgan fingerprint density at radius 3 is 2.28 bits per heavy atom. The Bertz CT molecular complexity index is 1400. The minimum Gasteiger partial charge on any atom is -0.481 e. The van der Waals surface area contributed by atoms with Crippen molar-refractivity contribution in [2.24, 2.45) is 0 Å². The molecule has 0 spiro atoms. The van der Waals surface area contributed by atoms with Crippen LogP contribution >= 0.6 is 0 Å². The average Bonchev–Trinajstić information content (AvgIpc) is 2.85. The SMILES string of the molecule is CC1=[N+](/C=C/CCCC(=O)O)c2ccc3c(S(=O)(=O)O)cc(S(=O)(=O)O)cc3c2C1(C)C. The molecular formula is C21H24NO8S2+. The number of fused-ring (bicyclic) bond motifs is 3. The molecule has 3 N–H and O–H groups in total. The van der Waals surface area contributed by atoms with Gasteiger partial charge in [0.2, 0.25) is 5.69 Å². The zero-order valence-corrected chi connectivity index (χ0v) is 19.4. The second-order valence-corrected chi connectivity index (χ2v) is 11.0. The molecule has 9 nitrogen and oxygen atoms in total. The van der Waals surface area contributed by atoms with E-state index >= 15 is 0 Å². The van der Waals surface area contributed by atoms with Gasteiger partial charge in [-0.1, -0.05) is 0 Å². The number of allylic oxidation sites excluding steroid dienone is 1. The summed E-state index contributed by atoms with van der Waals surface area (Å²) in [6, 6.07) is 5.09. The molecule has 0 amide bonds. The predicted octanol–water partition coefficient (Wildman–Crippen LogP) is 3.50. The van der Waals surface area contributed by atoms with Gasteiger partial charge in [0.1, 0.15) is 4.90 Å². The molecule has 2 aromatic carbocycles. The first kappa shape index (κ1) is 24.1. The third kappa shape index (κ3) is 4.33. The number of hydrogen-bond acceptors (Lipinski definition) is 5. The van der Waals surface area contributed by atoms with Crippen molar-refractivity contribution in [3.8, 4) is 0 Å². The van der Waals surface area contributed by atoms with Gasteiger partial charge in [-0.25, -0.2) is 0 Å². The average molecular weight is 483 g/mol. The Balaban J connectivity index is 2.26. The predicted molar refractivity (Wildman–Crippen MR) is 118 cm³/mol. The minimum absolute atomic E-state index is 0.0522. The Morgan fingerprint density at radius 2 is 1.72 bits per heavy atom. The van der Waals surface area contributed by atoms with E-state index in [1.807, 2.05) is 31.4 Å². The van der Waals surface area contributed by atoms with Crippen LogP contribution in [0.15, 0.2) is 46.3 Å². The van der Waals surface area contributed by atoms with Gasteiger partial charge >= 0.3 is 5.97 Å². The molecule has 32 heavy (non-hydrogen) atoms.